The van der Waals surface area contributed by atoms with Crippen molar-refractivity contribution >= 4 is 17.5 Å². The summed E-state index contributed by atoms with van der Waals surface area (Å²) in [6.07, 6.45) is 2.11. The summed E-state index contributed by atoms with van der Waals surface area (Å²) in [6, 6.07) is 7.23. The highest BCUT2D eigenvalue weighted by Gasteiger charge is 2.23. The highest BCUT2D eigenvalue weighted by molar-refractivity contribution is 5.97. The van der Waals surface area contributed by atoms with Gasteiger partial charge in [-0.1, -0.05) is 6.07 Å². The Labute approximate surface area is 118 Å². The number of carbonyl (C=O) groups excluding carboxylic acids is 2. The summed E-state index contributed by atoms with van der Waals surface area (Å²) in [5, 5.41) is 5.63. The standard InChI is InChI=1S/C15H20N2O3/c1-10(2)20-9-14(18)16-13-5-3-4-11(8-13)15(19)17-12-6-7-12/h3-5,8,10,12H,6-7,9H2,1-2H3,(H,16,18)(H,17,19). The van der Waals surface area contributed by atoms with E-state index in [1.807, 2.05) is 13.8 Å². The Kier molecular flexibility index (Phi) is 4.74. The number of benzene rings is 1. The third kappa shape index (κ3) is 4.66. The topological polar surface area (TPSA) is 67.4 Å². The van der Waals surface area contributed by atoms with Crippen LogP contribution in [0.3, 0.4) is 0 Å². The van der Waals surface area contributed by atoms with Gasteiger partial charge in [0, 0.05) is 17.3 Å². The van der Waals surface area contributed by atoms with Crippen LogP contribution in [0.5, 0.6) is 0 Å². The summed E-state index contributed by atoms with van der Waals surface area (Å²) in [4.78, 5) is 23.5. The first-order chi connectivity index (χ1) is 9.54. The number of carbonyl (C=O) groups is 2. The van der Waals surface area contributed by atoms with Crippen LogP contribution in [0.25, 0.3) is 0 Å². The third-order valence-corrected chi connectivity index (χ3v) is 2.87. The highest BCUT2D eigenvalue weighted by atomic mass is 16.5. The van der Waals surface area contributed by atoms with Gasteiger partial charge in [0.1, 0.15) is 6.61 Å². The van der Waals surface area contributed by atoms with Crippen molar-refractivity contribution in [3.63, 3.8) is 0 Å². The molecule has 5 nitrogen and oxygen atoms in total. The zero-order valence-corrected chi connectivity index (χ0v) is 11.8. The maximum Gasteiger partial charge on any atom is 0.251 e. The molecular formula is C15H20N2O3. The van der Waals surface area contributed by atoms with E-state index in [-0.39, 0.29) is 24.5 Å². The molecule has 0 saturated heterocycles. The summed E-state index contributed by atoms with van der Waals surface area (Å²) < 4.78 is 5.22. The van der Waals surface area contributed by atoms with Crippen LogP contribution in [0.4, 0.5) is 5.69 Å². The number of hydrogen-bond donors (Lipinski definition) is 2. The van der Waals surface area contributed by atoms with Crippen LogP contribution in [0.15, 0.2) is 24.3 Å². The Morgan fingerprint density at radius 3 is 2.75 bits per heavy atom. The number of anilines is 1. The molecule has 2 amide bonds. The third-order valence-electron chi connectivity index (χ3n) is 2.87. The number of ether oxygens (including phenoxy) is 1. The molecule has 1 fully saturated rings. The molecule has 0 aliphatic heterocycles. The average Bonchev–Trinajstić information content (AvgIpc) is 3.20. The van der Waals surface area contributed by atoms with E-state index in [1.165, 1.54) is 0 Å². The van der Waals surface area contributed by atoms with Crippen molar-refractivity contribution in [1.82, 2.24) is 5.32 Å². The predicted molar refractivity (Wildman–Crippen MR) is 76.6 cm³/mol. The molecule has 2 N–H and O–H groups in total. The lowest BCUT2D eigenvalue weighted by Gasteiger charge is -2.09. The van der Waals surface area contributed by atoms with Gasteiger partial charge in [-0.3, -0.25) is 9.59 Å². The summed E-state index contributed by atoms with van der Waals surface area (Å²) >= 11 is 0. The van der Waals surface area contributed by atoms with E-state index in [0.717, 1.165) is 12.8 Å². The lowest BCUT2D eigenvalue weighted by molar-refractivity contribution is -0.121. The molecule has 0 unspecified atom stereocenters. The average molecular weight is 276 g/mol. The van der Waals surface area contributed by atoms with Gasteiger partial charge in [-0.25, -0.2) is 0 Å². The first-order valence-electron chi connectivity index (χ1n) is 6.87. The highest BCUT2D eigenvalue weighted by Crippen LogP contribution is 2.20. The fraction of sp³-hybridized carbons (Fsp3) is 0.467. The zero-order valence-electron chi connectivity index (χ0n) is 11.8. The fourth-order valence-corrected chi connectivity index (χ4v) is 1.67. The molecule has 5 heteroatoms. The van der Waals surface area contributed by atoms with E-state index < -0.39 is 0 Å². The molecule has 1 aromatic rings. The second-order valence-electron chi connectivity index (χ2n) is 5.24. The Morgan fingerprint density at radius 1 is 1.35 bits per heavy atom. The van der Waals surface area contributed by atoms with Gasteiger partial charge < -0.3 is 15.4 Å². The van der Waals surface area contributed by atoms with E-state index in [9.17, 15) is 9.59 Å². The molecule has 1 aromatic carbocycles. The molecule has 0 radical (unpaired) electrons. The molecule has 2 rings (SSSR count). The predicted octanol–water partition coefficient (Wildman–Crippen LogP) is 1.94. The maximum absolute atomic E-state index is 11.9. The van der Waals surface area contributed by atoms with Crippen LogP contribution < -0.4 is 10.6 Å². The molecular weight excluding hydrogens is 256 g/mol. The van der Waals surface area contributed by atoms with Crippen molar-refractivity contribution < 1.29 is 14.3 Å². The summed E-state index contributed by atoms with van der Waals surface area (Å²) in [5.74, 6) is -0.319. The van der Waals surface area contributed by atoms with Crippen molar-refractivity contribution in [3.8, 4) is 0 Å². The summed E-state index contributed by atoms with van der Waals surface area (Å²) in [5.41, 5.74) is 1.16. The van der Waals surface area contributed by atoms with Crippen LogP contribution >= 0.6 is 0 Å². The maximum atomic E-state index is 11.9. The minimum Gasteiger partial charge on any atom is -0.369 e. The largest absolute Gasteiger partial charge is 0.369 e. The Morgan fingerprint density at radius 2 is 2.10 bits per heavy atom. The van der Waals surface area contributed by atoms with E-state index in [2.05, 4.69) is 10.6 Å². The zero-order chi connectivity index (χ0) is 14.5. The number of hydrogen-bond acceptors (Lipinski definition) is 3. The van der Waals surface area contributed by atoms with Crippen LogP contribution in [-0.2, 0) is 9.53 Å². The Balaban J connectivity index is 1.91. The van der Waals surface area contributed by atoms with E-state index in [1.54, 1.807) is 24.3 Å². The van der Waals surface area contributed by atoms with Gasteiger partial charge in [-0.05, 0) is 44.9 Å². The van der Waals surface area contributed by atoms with Gasteiger partial charge in [-0.2, -0.15) is 0 Å². The Hall–Kier alpha value is -1.88. The van der Waals surface area contributed by atoms with Gasteiger partial charge in [0.25, 0.3) is 5.91 Å². The van der Waals surface area contributed by atoms with Gasteiger partial charge in [0.05, 0.1) is 6.10 Å². The molecule has 20 heavy (non-hydrogen) atoms. The van der Waals surface area contributed by atoms with Gasteiger partial charge in [-0.15, -0.1) is 0 Å². The molecule has 108 valence electrons. The van der Waals surface area contributed by atoms with Gasteiger partial charge >= 0.3 is 0 Å². The normalized spacial score (nSPS) is 14.2. The lowest BCUT2D eigenvalue weighted by atomic mass is 10.2. The lowest BCUT2D eigenvalue weighted by Crippen LogP contribution is -2.25. The van der Waals surface area contributed by atoms with Crippen molar-refractivity contribution in [1.29, 1.82) is 0 Å². The minimum absolute atomic E-state index is 0.0101. The fourth-order valence-electron chi connectivity index (χ4n) is 1.67. The smallest absolute Gasteiger partial charge is 0.251 e. The minimum atomic E-state index is -0.224. The molecule has 0 spiro atoms. The number of rotatable bonds is 6. The van der Waals surface area contributed by atoms with Crippen LogP contribution in [-0.4, -0.2) is 30.6 Å². The monoisotopic (exact) mass is 276 g/mol. The van der Waals surface area contributed by atoms with Crippen LogP contribution in [0, 0.1) is 0 Å². The molecule has 1 saturated carbocycles. The van der Waals surface area contributed by atoms with Crippen molar-refractivity contribution in [2.24, 2.45) is 0 Å². The van der Waals surface area contributed by atoms with Crippen LogP contribution in [0.2, 0.25) is 0 Å². The second-order valence-corrected chi connectivity index (χ2v) is 5.24. The molecule has 0 atom stereocenters. The molecule has 1 aliphatic carbocycles. The first kappa shape index (κ1) is 14.5. The molecule has 1 aliphatic rings. The van der Waals surface area contributed by atoms with Crippen molar-refractivity contribution in [2.45, 2.75) is 38.8 Å². The van der Waals surface area contributed by atoms with E-state index in [4.69, 9.17) is 4.74 Å². The Bertz CT molecular complexity index is 496. The first-order valence-corrected chi connectivity index (χ1v) is 6.87. The second kappa shape index (κ2) is 6.52. The van der Waals surface area contributed by atoms with E-state index in [0.29, 0.717) is 17.3 Å². The number of amides is 2. The van der Waals surface area contributed by atoms with E-state index >= 15 is 0 Å². The van der Waals surface area contributed by atoms with Crippen molar-refractivity contribution in [2.75, 3.05) is 11.9 Å². The molecule has 0 bridgehead atoms. The number of nitrogens with one attached hydrogen (secondary N) is 2. The summed E-state index contributed by atoms with van der Waals surface area (Å²) in [7, 11) is 0. The summed E-state index contributed by atoms with van der Waals surface area (Å²) in [6.45, 7) is 3.75. The molecule has 0 aromatic heterocycles. The van der Waals surface area contributed by atoms with Crippen molar-refractivity contribution in [3.05, 3.63) is 29.8 Å². The SMILES string of the molecule is CC(C)OCC(=O)Nc1cccc(C(=O)NC2CC2)c1. The molecule has 0 heterocycles. The van der Waals surface area contributed by atoms with Gasteiger partial charge in [0.15, 0.2) is 0 Å². The van der Waals surface area contributed by atoms with Crippen LogP contribution in [0.1, 0.15) is 37.0 Å². The van der Waals surface area contributed by atoms with Gasteiger partial charge in [0.2, 0.25) is 5.91 Å². The quantitative estimate of drug-likeness (QED) is 0.834.